The number of nitrogens with one attached hydrogen (secondary N) is 2. The molecule has 734 valence electrons. The molecule has 2 amide bonds. The standard InChI is InChI=1S/C45H73NO18.C44H71NO18.CH4/c1-20(2)29(23(51)15-47)46-41(58)43(6)11-7-10-42(5)27(43)8-12-44-14-21(3)45(19-44,13-9-28(42)44)64-40-37(63-39-35(57)33(55)31(53)25(17-49)60-39)36(32(54)26(18-50)61-40)62-38-34(56)30(52)22(4)24(16-48)59-38;1-19(2)27(36(55)56)45-40(57)42(6)11-7-10-41(5)25(42)8-12-43-14-20(3)44(18-43,13-9-26(41)43)63-39-35(62-38-33(54)31(52)29(50)23(16-47)59-38)34(30(51)24(17-48)60-39)61-37-32(53)28(49)21(4)22(15-46)58-37;/h20,22,24-40,47-50,52-57H,3,7-19H2,1-2,4-6H3,(H,46,58);19,21-35,37-39,46-54H,3,7-18H2,1-2,4-6H3,(H,45,57)(H,55,56);1H4/t22-,24-,25-,26-,27+,28+,29-,30+,31-,32-,33+,34-,35-,36+,37-,38+,39+,40+,42-,43-,44-,45+;21-,22-,23-,24-,25+,26+,27-,28+,29-,30-,31+,32-,33-,34+,35-,37+,38+,39+,41-,42-,43-,44+;/m11./s1. The van der Waals surface area contributed by atoms with E-state index in [-0.39, 0.29) is 76.4 Å². The van der Waals surface area contributed by atoms with E-state index in [9.17, 15) is 121 Å². The molecule has 22 N–H and O–H groups in total. The van der Waals surface area contributed by atoms with E-state index in [1.54, 1.807) is 27.7 Å². The van der Waals surface area contributed by atoms with Crippen LogP contribution in [0.5, 0.6) is 0 Å². The molecule has 8 aliphatic carbocycles. The third-order valence-electron chi connectivity index (χ3n) is 33.6. The van der Waals surface area contributed by atoms with Crippen LogP contribution < -0.4 is 10.6 Å². The smallest absolute Gasteiger partial charge is 0.326 e. The summed E-state index contributed by atoms with van der Waals surface area (Å²) in [6, 6.07) is -1.81. The molecule has 6 heterocycles. The van der Waals surface area contributed by atoms with Gasteiger partial charge in [0.1, 0.15) is 123 Å². The van der Waals surface area contributed by atoms with Gasteiger partial charge in [-0.3, -0.25) is 14.4 Å². The van der Waals surface area contributed by atoms with Crippen LogP contribution in [0, 0.1) is 79.8 Å². The number of hydrogen-bond acceptors (Lipinski definition) is 35. The predicted molar refractivity (Wildman–Crippen MR) is 445 cm³/mol. The van der Waals surface area contributed by atoms with Crippen molar-refractivity contribution in [1.29, 1.82) is 0 Å². The molecule has 2 spiro atoms. The number of carboxylic acids is 1. The van der Waals surface area contributed by atoms with Gasteiger partial charge < -0.3 is 170 Å². The van der Waals surface area contributed by atoms with Crippen molar-refractivity contribution in [2.24, 2.45) is 79.8 Å². The SMILES string of the molecule is C.C=C1C[C@@]23CC[C@H]4[C@@](C)(CCC[C@@]4(C)C(=O)N[C@@H](C(=O)CO)C(C)C)[C@@H]2CC[C@]1(O[C@@H]1O[C@H](CO)[C@@H](O)[C@H](O[C@@H]2O[C@H](CO)[C@@H](C)[C@H](O)[C@H]2O)[C@H]1O[C@@H]1O[C@H](CO)[C@@H](O)[C@H](O)[C@H]1O)C3.C=C1C[C@@]23CC[C@H]4[C@@](C)(CCC[C@@]4(C)C(=O)N[C@@H](C(=O)O)C(C)C)[C@@H]2CC[C@]1(O[C@@H]1O[C@H](CO)[C@@H](O)[C@H](O[C@@H]2O[C@H](CO)[C@@H](C)[C@H](O)[C@H]2O)[C@H]1O[C@@H]1O[C@H](CO)[C@@H](O)[C@H](O)[C@H]1O)C3. The van der Waals surface area contributed by atoms with E-state index in [0.717, 1.165) is 56.1 Å². The van der Waals surface area contributed by atoms with Crippen molar-refractivity contribution in [1.82, 2.24) is 10.6 Å². The molecule has 44 atom stereocenters. The topological polar surface area (TPSA) is 608 Å². The van der Waals surface area contributed by atoms with Gasteiger partial charge in [-0.25, -0.2) is 4.79 Å². The van der Waals surface area contributed by atoms with Gasteiger partial charge in [0, 0.05) is 22.7 Å². The fourth-order valence-electron chi connectivity index (χ4n) is 26.5. The Hall–Kier alpha value is -3.68. The van der Waals surface area contributed by atoms with Crippen molar-refractivity contribution < 1.29 is 178 Å². The number of fused-ring (bicyclic) bond motifs is 6. The third kappa shape index (κ3) is 18.2. The molecule has 0 unspecified atom stereocenters. The molecule has 6 aliphatic heterocycles. The number of aliphatic hydroxyl groups excluding tert-OH is 19. The first-order chi connectivity index (χ1) is 59.8. The summed E-state index contributed by atoms with van der Waals surface area (Å²) in [7, 11) is 0. The Morgan fingerprint density at radius 1 is 0.391 bits per heavy atom. The van der Waals surface area contributed by atoms with E-state index in [4.69, 9.17) is 56.8 Å². The highest BCUT2D eigenvalue weighted by Crippen LogP contribution is 2.76. The number of ketones is 1. The summed E-state index contributed by atoms with van der Waals surface area (Å²) in [5, 5.41) is 219. The van der Waals surface area contributed by atoms with E-state index in [0.29, 0.717) is 70.6 Å². The van der Waals surface area contributed by atoms with Gasteiger partial charge in [0.15, 0.2) is 43.5 Å². The molecule has 0 aromatic carbocycles. The molecule has 38 nitrogen and oxygen atoms in total. The molecule has 14 fully saturated rings. The number of carboxylic acid groups (broad SMARTS) is 1. The minimum absolute atomic E-state index is 0. The van der Waals surface area contributed by atoms with E-state index in [2.05, 4.69) is 37.6 Å². The van der Waals surface area contributed by atoms with E-state index in [1.165, 1.54) is 0 Å². The summed E-state index contributed by atoms with van der Waals surface area (Å²) < 4.78 is 74.9. The lowest BCUT2D eigenvalue weighted by Crippen LogP contribution is -2.67. The zero-order valence-electron chi connectivity index (χ0n) is 74.5. The quantitative estimate of drug-likeness (QED) is 0.0319. The number of carbonyl (C=O) groups excluding carboxylic acids is 3. The highest BCUT2D eigenvalue weighted by atomic mass is 16.8. The van der Waals surface area contributed by atoms with Crippen molar-refractivity contribution in [3.05, 3.63) is 24.3 Å². The maximum atomic E-state index is 14.3. The van der Waals surface area contributed by atoms with Gasteiger partial charge in [0.05, 0.1) is 81.3 Å². The summed E-state index contributed by atoms with van der Waals surface area (Å²) in [6.45, 7) is 23.3. The van der Waals surface area contributed by atoms with Crippen LogP contribution in [-0.2, 0) is 76.0 Å². The fourth-order valence-corrected chi connectivity index (χ4v) is 26.5. The van der Waals surface area contributed by atoms with Crippen LogP contribution >= 0.6 is 0 Å². The summed E-state index contributed by atoms with van der Waals surface area (Å²) >= 11 is 0. The molecule has 128 heavy (non-hydrogen) atoms. The highest BCUT2D eigenvalue weighted by Gasteiger charge is 2.73. The van der Waals surface area contributed by atoms with Crippen LogP contribution in [0.1, 0.15) is 192 Å². The van der Waals surface area contributed by atoms with Crippen LogP contribution in [0.15, 0.2) is 24.3 Å². The molecule has 4 bridgehead atoms. The Morgan fingerprint density at radius 3 is 1.02 bits per heavy atom. The van der Waals surface area contributed by atoms with Gasteiger partial charge >= 0.3 is 5.97 Å². The first-order valence-electron chi connectivity index (χ1n) is 45.8. The fraction of sp³-hybridized carbons (Fsp3) is 0.911. The number of ether oxygens (including phenoxy) is 12. The maximum absolute atomic E-state index is 14.3. The average Bonchev–Trinajstić information content (AvgIpc) is 1.33. The molecular weight excluding hydrogens is 1680 g/mol. The summed E-state index contributed by atoms with van der Waals surface area (Å²) in [5.41, 5.74) is -3.27. The Morgan fingerprint density at radius 2 is 0.695 bits per heavy atom. The van der Waals surface area contributed by atoms with E-state index >= 15 is 0 Å². The van der Waals surface area contributed by atoms with Crippen molar-refractivity contribution >= 4 is 23.6 Å². The van der Waals surface area contributed by atoms with Crippen molar-refractivity contribution in [2.45, 2.75) is 388 Å². The number of carbonyl (C=O) groups is 4. The van der Waals surface area contributed by atoms with Crippen LogP contribution in [0.25, 0.3) is 0 Å². The second-order valence-corrected chi connectivity index (χ2v) is 41.5. The molecular formula is C90H148N2O36. The molecule has 0 aromatic rings. The molecule has 6 saturated heterocycles. The lowest BCUT2D eigenvalue weighted by Gasteiger charge is -2.64. The first kappa shape index (κ1) is 103. The second-order valence-electron chi connectivity index (χ2n) is 41.5. The number of hydrogen-bond donors (Lipinski definition) is 22. The Kier molecular flexibility index (Phi) is 32.1. The highest BCUT2D eigenvalue weighted by molar-refractivity contribution is 5.92. The average molecular weight is 1830 g/mol. The third-order valence-corrected chi connectivity index (χ3v) is 33.6. The van der Waals surface area contributed by atoms with Gasteiger partial charge in [-0.05, 0) is 171 Å². The molecule has 8 saturated carbocycles. The number of aliphatic hydroxyl groups is 19. The van der Waals surface area contributed by atoms with E-state index in [1.807, 2.05) is 27.7 Å². The normalized spacial score (nSPS) is 49.7. The van der Waals surface area contributed by atoms with Gasteiger partial charge in [0.25, 0.3) is 0 Å². The van der Waals surface area contributed by atoms with Gasteiger partial charge in [-0.15, -0.1) is 0 Å². The number of amides is 2. The molecule has 14 rings (SSSR count). The number of rotatable bonds is 27. The van der Waals surface area contributed by atoms with Crippen molar-refractivity contribution in [3.63, 3.8) is 0 Å². The monoisotopic (exact) mass is 1830 g/mol. The van der Waals surface area contributed by atoms with Crippen molar-refractivity contribution in [2.75, 3.05) is 46.2 Å². The van der Waals surface area contributed by atoms with Gasteiger partial charge in [-0.2, -0.15) is 0 Å². The lowest BCUT2D eigenvalue weighted by atomic mass is 9.40. The zero-order valence-corrected chi connectivity index (χ0v) is 74.5. The van der Waals surface area contributed by atoms with Crippen LogP contribution in [-0.4, -0.2) is 367 Å². The largest absolute Gasteiger partial charge is 0.480 e. The minimum atomic E-state index is -1.90. The zero-order chi connectivity index (χ0) is 93.0. The summed E-state index contributed by atoms with van der Waals surface area (Å²) in [5.74, 6) is -3.58. The van der Waals surface area contributed by atoms with Crippen LogP contribution in [0.3, 0.4) is 0 Å². The number of Topliss-reactive ketones (excluding diaryl/α,β-unsaturated/α-hetero) is 1. The number of aliphatic carboxylic acids is 1. The second kappa shape index (κ2) is 39.8. The van der Waals surface area contributed by atoms with Crippen LogP contribution in [0.4, 0.5) is 0 Å². The van der Waals surface area contributed by atoms with Gasteiger partial charge in [-0.1, -0.05) is 103 Å². The first-order valence-corrected chi connectivity index (χ1v) is 45.8. The lowest BCUT2D eigenvalue weighted by molar-refractivity contribution is -0.398. The summed E-state index contributed by atoms with van der Waals surface area (Å²) in [6.07, 6.45) is -32.4. The minimum Gasteiger partial charge on any atom is -0.480 e. The van der Waals surface area contributed by atoms with Crippen LogP contribution in [0.2, 0.25) is 0 Å². The molecule has 0 aromatic heterocycles. The molecule has 14 aliphatic rings. The Labute approximate surface area is 747 Å². The van der Waals surface area contributed by atoms with E-state index < -0.39 is 276 Å². The Bertz CT molecular complexity index is 3830. The Balaban J connectivity index is 0.000000230. The predicted octanol–water partition coefficient (Wildman–Crippen LogP) is -1.80. The maximum Gasteiger partial charge on any atom is 0.326 e. The summed E-state index contributed by atoms with van der Waals surface area (Å²) in [4.78, 5) is 53.3. The van der Waals surface area contributed by atoms with Gasteiger partial charge in [0.2, 0.25) is 11.8 Å². The molecule has 0 radical (unpaired) electrons. The molecule has 38 heteroatoms. The van der Waals surface area contributed by atoms with Crippen molar-refractivity contribution in [3.8, 4) is 0 Å².